The Balaban J connectivity index is 1.78. The lowest BCUT2D eigenvalue weighted by Crippen LogP contribution is -2.21. The van der Waals surface area contributed by atoms with Crippen LogP contribution >= 0.6 is 0 Å². The van der Waals surface area contributed by atoms with Crippen LogP contribution in [0.1, 0.15) is 20.8 Å². The first-order valence-electron chi connectivity index (χ1n) is 9.18. The number of hydrogen-bond donors (Lipinski definition) is 2. The molecule has 2 aromatic carbocycles. The quantitative estimate of drug-likeness (QED) is 0.585. The molecule has 0 unspecified atom stereocenters. The maximum Gasteiger partial charge on any atom is 0.243 e. The molecule has 0 bridgehead atoms. The van der Waals surface area contributed by atoms with E-state index < -0.39 is 0 Å². The second-order valence-corrected chi connectivity index (χ2v) is 6.17. The summed E-state index contributed by atoms with van der Waals surface area (Å²) in [7, 11) is 0. The van der Waals surface area contributed by atoms with Crippen LogP contribution in [-0.4, -0.2) is 38.4 Å². The fourth-order valence-corrected chi connectivity index (χ4v) is 2.34. The van der Waals surface area contributed by atoms with Crippen molar-refractivity contribution in [2.75, 3.05) is 37.0 Å². The van der Waals surface area contributed by atoms with Gasteiger partial charge in [-0.05, 0) is 57.2 Å². The fourth-order valence-electron chi connectivity index (χ4n) is 2.34. The molecule has 0 fully saturated rings. The molecule has 0 atom stereocenters. The molecule has 0 saturated heterocycles. The van der Waals surface area contributed by atoms with Gasteiger partial charge in [-0.15, -0.1) is 0 Å². The molecule has 2 rings (SSSR count). The van der Waals surface area contributed by atoms with E-state index >= 15 is 0 Å². The molecular formula is C21H28N2O4. The summed E-state index contributed by atoms with van der Waals surface area (Å²) in [6.07, 6.45) is 0.119. The van der Waals surface area contributed by atoms with Crippen LogP contribution in [0.5, 0.6) is 11.5 Å². The summed E-state index contributed by atoms with van der Waals surface area (Å²) in [5.74, 6) is 1.39. The van der Waals surface area contributed by atoms with Crippen molar-refractivity contribution in [3.63, 3.8) is 0 Å². The van der Waals surface area contributed by atoms with E-state index in [1.165, 1.54) is 0 Å². The van der Waals surface area contributed by atoms with Crippen LogP contribution in [0.15, 0.2) is 48.5 Å². The standard InChI is InChI=1S/C21H28N2O4/c1-4-25-12-13-26-20-7-5-6-18(14-20)22-15-21(24)23-17-8-10-19(11-9-17)27-16(2)3/h5-11,14,16,22H,4,12-13,15H2,1-3H3,(H,23,24). The average Bonchev–Trinajstić information content (AvgIpc) is 2.65. The first-order valence-corrected chi connectivity index (χ1v) is 9.18. The van der Waals surface area contributed by atoms with Gasteiger partial charge in [0, 0.05) is 24.0 Å². The largest absolute Gasteiger partial charge is 0.491 e. The summed E-state index contributed by atoms with van der Waals surface area (Å²) in [5.41, 5.74) is 1.55. The highest BCUT2D eigenvalue weighted by molar-refractivity contribution is 5.93. The van der Waals surface area contributed by atoms with Crippen molar-refractivity contribution in [1.82, 2.24) is 0 Å². The summed E-state index contributed by atoms with van der Waals surface area (Å²) in [4.78, 5) is 12.1. The molecule has 27 heavy (non-hydrogen) atoms. The first kappa shape index (κ1) is 20.6. The number of anilines is 2. The van der Waals surface area contributed by atoms with Crippen LogP contribution in [0.2, 0.25) is 0 Å². The van der Waals surface area contributed by atoms with Gasteiger partial charge in [0.2, 0.25) is 5.91 Å². The Labute approximate surface area is 160 Å². The van der Waals surface area contributed by atoms with Crippen molar-refractivity contribution in [1.29, 1.82) is 0 Å². The first-order chi connectivity index (χ1) is 13.1. The zero-order valence-corrected chi connectivity index (χ0v) is 16.2. The topological polar surface area (TPSA) is 68.8 Å². The lowest BCUT2D eigenvalue weighted by atomic mass is 10.3. The van der Waals surface area contributed by atoms with Gasteiger partial charge >= 0.3 is 0 Å². The summed E-state index contributed by atoms with van der Waals surface area (Å²) in [6, 6.07) is 14.8. The van der Waals surface area contributed by atoms with E-state index in [1.807, 2.05) is 69.3 Å². The van der Waals surface area contributed by atoms with E-state index in [4.69, 9.17) is 14.2 Å². The number of benzene rings is 2. The average molecular weight is 372 g/mol. The van der Waals surface area contributed by atoms with Gasteiger partial charge in [-0.3, -0.25) is 4.79 Å². The lowest BCUT2D eigenvalue weighted by molar-refractivity contribution is -0.114. The molecule has 0 spiro atoms. The summed E-state index contributed by atoms with van der Waals surface area (Å²) in [5, 5.41) is 5.95. The van der Waals surface area contributed by atoms with E-state index in [0.29, 0.717) is 19.8 Å². The highest BCUT2D eigenvalue weighted by Gasteiger charge is 2.04. The minimum atomic E-state index is -0.129. The van der Waals surface area contributed by atoms with Gasteiger partial charge in [0.05, 0.1) is 19.3 Å². The molecule has 0 aliphatic carbocycles. The monoisotopic (exact) mass is 372 g/mol. The van der Waals surface area contributed by atoms with Crippen LogP contribution < -0.4 is 20.1 Å². The molecule has 0 saturated carbocycles. The third-order valence-corrected chi connectivity index (χ3v) is 3.50. The number of rotatable bonds is 11. The SMILES string of the molecule is CCOCCOc1cccc(NCC(=O)Nc2ccc(OC(C)C)cc2)c1. The zero-order chi connectivity index (χ0) is 19.5. The van der Waals surface area contributed by atoms with E-state index in [9.17, 15) is 4.79 Å². The van der Waals surface area contributed by atoms with Gasteiger partial charge in [0.15, 0.2) is 0 Å². The van der Waals surface area contributed by atoms with Gasteiger partial charge in [-0.1, -0.05) is 6.07 Å². The number of ether oxygens (including phenoxy) is 3. The van der Waals surface area contributed by atoms with Crippen molar-refractivity contribution >= 4 is 17.3 Å². The zero-order valence-electron chi connectivity index (χ0n) is 16.2. The maximum atomic E-state index is 12.1. The van der Waals surface area contributed by atoms with Crippen LogP contribution in [-0.2, 0) is 9.53 Å². The molecule has 0 aliphatic heterocycles. The molecule has 0 aliphatic rings. The normalized spacial score (nSPS) is 10.5. The predicted octanol–water partition coefficient (Wildman–Crippen LogP) is 3.94. The Bertz CT molecular complexity index is 702. The van der Waals surface area contributed by atoms with Gasteiger partial charge in [0.1, 0.15) is 18.1 Å². The highest BCUT2D eigenvalue weighted by Crippen LogP contribution is 2.18. The molecule has 146 valence electrons. The number of hydrogen-bond acceptors (Lipinski definition) is 5. The molecule has 0 aromatic heterocycles. The van der Waals surface area contributed by atoms with E-state index in [2.05, 4.69) is 10.6 Å². The Morgan fingerprint density at radius 1 is 1.00 bits per heavy atom. The lowest BCUT2D eigenvalue weighted by Gasteiger charge is -2.12. The van der Waals surface area contributed by atoms with Crippen LogP contribution in [0, 0.1) is 0 Å². The van der Waals surface area contributed by atoms with Crippen molar-refractivity contribution in [2.24, 2.45) is 0 Å². The van der Waals surface area contributed by atoms with Crippen LogP contribution in [0.25, 0.3) is 0 Å². The second-order valence-electron chi connectivity index (χ2n) is 6.17. The maximum absolute atomic E-state index is 12.1. The Kier molecular flexibility index (Phi) is 8.45. The fraction of sp³-hybridized carbons (Fsp3) is 0.381. The van der Waals surface area contributed by atoms with Gasteiger partial charge < -0.3 is 24.8 Å². The molecule has 6 heteroatoms. The number of carbonyl (C=O) groups is 1. The van der Waals surface area contributed by atoms with Crippen LogP contribution in [0.4, 0.5) is 11.4 Å². The van der Waals surface area contributed by atoms with Crippen molar-refractivity contribution in [3.8, 4) is 11.5 Å². The number of nitrogens with one attached hydrogen (secondary N) is 2. The second kappa shape index (κ2) is 11.1. The highest BCUT2D eigenvalue weighted by atomic mass is 16.5. The molecule has 0 heterocycles. The molecule has 1 amide bonds. The molecule has 6 nitrogen and oxygen atoms in total. The Morgan fingerprint density at radius 3 is 2.48 bits per heavy atom. The summed E-state index contributed by atoms with van der Waals surface area (Å²) < 4.78 is 16.4. The van der Waals surface area contributed by atoms with Gasteiger partial charge in [-0.2, -0.15) is 0 Å². The third-order valence-electron chi connectivity index (χ3n) is 3.50. The molecule has 2 aromatic rings. The minimum Gasteiger partial charge on any atom is -0.491 e. The predicted molar refractivity (Wildman–Crippen MR) is 108 cm³/mol. The van der Waals surface area contributed by atoms with Crippen LogP contribution in [0.3, 0.4) is 0 Å². The molecule has 0 radical (unpaired) electrons. The molecule has 2 N–H and O–H groups in total. The number of carbonyl (C=O) groups excluding carboxylic acids is 1. The van der Waals surface area contributed by atoms with E-state index in [-0.39, 0.29) is 18.6 Å². The van der Waals surface area contributed by atoms with Gasteiger partial charge in [-0.25, -0.2) is 0 Å². The van der Waals surface area contributed by atoms with Crippen molar-refractivity contribution in [3.05, 3.63) is 48.5 Å². The summed E-state index contributed by atoms with van der Waals surface area (Å²) >= 11 is 0. The van der Waals surface area contributed by atoms with E-state index in [0.717, 1.165) is 22.9 Å². The van der Waals surface area contributed by atoms with Crippen molar-refractivity contribution in [2.45, 2.75) is 26.9 Å². The Hall–Kier alpha value is -2.73. The third kappa shape index (κ3) is 8.00. The van der Waals surface area contributed by atoms with E-state index in [1.54, 1.807) is 0 Å². The summed E-state index contributed by atoms with van der Waals surface area (Å²) in [6.45, 7) is 7.77. The minimum absolute atomic E-state index is 0.119. The number of amides is 1. The van der Waals surface area contributed by atoms with Crippen molar-refractivity contribution < 1.29 is 19.0 Å². The smallest absolute Gasteiger partial charge is 0.243 e. The Morgan fingerprint density at radius 2 is 1.78 bits per heavy atom. The van der Waals surface area contributed by atoms with Gasteiger partial charge in [0.25, 0.3) is 0 Å². The molecular weight excluding hydrogens is 344 g/mol.